The molecule has 0 atom stereocenters. The molecule has 0 aliphatic heterocycles. The third kappa shape index (κ3) is 5.30. The third-order valence-corrected chi connectivity index (χ3v) is 5.81. The van der Waals surface area contributed by atoms with Crippen LogP contribution in [-0.2, 0) is 6.54 Å². The molecule has 0 spiro atoms. The summed E-state index contributed by atoms with van der Waals surface area (Å²) >= 11 is 0. The van der Waals surface area contributed by atoms with Crippen LogP contribution in [0.2, 0.25) is 0 Å². The van der Waals surface area contributed by atoms with Gasteiger partial charge in [-0.1, -0.05) is 24.3 Å². The number of aryl methyl sites for hydroxylation is 1. The van der Waals surface area contributed by atoms with Gasteiger partial charge >= 0.3 is 0 Å². The fourth-order valence-corrected chi connectivity index (χ4v) is 4.18. The smallest absolute Gasteiger partial charge is 0.123 e. The van der Waals surface area contributed by atoms with E-state index in [4.69, 9.17) is 26.7 Å². The molecule has 33 heavy (non-hydrogen) atoms. The molecule has 0 amide bonds. The van der Waals surface area contributed by atoms with Crippen molar-refractivity contribution in [2.24, 2.45) is 17.2 Å². The number of rotatable bonds is 12. The van der Waals surface area contributed by atoms with E-state index in [9.17, 15) is 0 Å². The van der Waals surface area contributed by atoms with Crippen LogP contribution in [0.4, 0.5) is 0 Å². The van der Waals surface area contributed by atoms with E-state index in [0.717, 1.165) is 48.4 Å². The van der Waals surface area contributed by atoms with Crippen LogP contribution in [0, 0.1) is 0 Å². The molecule has 0 radical (unpaired) electrons. The fraction of sp³-hybridized carbons (Fsp3) is 0.333. The Labute approximate surface area is 195 Å². The zero-order chi connectivity index (χ0) is 23.0. The summed E-state index contributed by atoms with van der Waals surface area (Å²) in [5.41, 5.74) is 21.7. The Hall–Kier alpha value is -3.06. The van der Waals surface area contributed by atoms with Crippen molar-refractivity contribution in [1.29, 1.82) is 0 Å². The Morgan fingerprint density at radius 3 is 1.91 bits per heavy atom. The summed E-state index contributed by atoms with van der Waals surface area (Å²) in [4.78, 5) is 0. The molecule has 1 heterocycles. The maximum atomic E-state index is 5.96. The second-order valence-corrected chi connectivity index (χ2v) is 8.22. The Morgan fingerprint density at radius 2 is 1.24 bits per heavy atom. The van der Waals surface area contributed by atoms with Crippen molar-refractivity contribution >= 4 is 21.8 Å². The van der Waals surface area contributed by atoms with Gasteiger partial charge in [-0.2, -0.15) is 0 Å². The summed E-state index contributed by atoms with van der Waals surface area (Å²) in [7, 11) is 0. The number of ether oxygens (including phenoxy) is 2. The lowest BCUT2D eigenvalue weighted by Gasteiger charge is -2.13. The minimum atomic E-state index is 0.579. The molecule has 0 bridgehead atoms. The molecule has 4 rings (SSSR count). The number of nitrogens with two attached hydrogens (primary N) is 3. The molecule has 0 saturated carbocycles. The normalized spacial score (nSPS) is 11.4. The number of benzene rings is 3. The van der Waals surface area contributed by atoms with E-state index in [0.29, 0.717) is 32.8 Å². The molecule has 6 N–H and O–H groups in total. The van der Waals surface area contributed by atoms with Gasteiger partial charge in [-0.25, -0.2) is 0 Å². The molecule has 3 aromatic carbocycles. The molecule has 1 aromatic heterocycles. The fourth-order valence-electron chi connectivity index (χ4n) is 4.18. The van der Waals surface area contributed by atoms with Gasteiger partial charge in [0.15, 0.2) is 0 Å². The number of hydrogen-bond donors (Lipinski definition) is 3. The minimum Gasteiger partial charge on any atom is -0.493 e. The van der Waals surface area contributed by atoms with Crippen molar-refractivity contribution in [2.45, 2.75) is 25.8 Å². The predicted octanol–water partition coefficient (Wildman–Crippen LogP) is 4.27. The first-order chi connectivity index (χ1) is 16.2. The van der Waals surface area contributed by atoms with E-state index in [-0.39, 0.29) is 0 Å². The largest absolute Gasteiger partial charge is 0.493 e. The number of fused-ring (bicyclic) bond motifs is 3. The van der Waals surface area contributed by atoms with E-state index >= 15 is 0 Å². The van der Waals surface area contributed by atoms with Gasteiger partial charge in [-0.3, -0.25) is 0 Å². The van der Waals surface area contributed by atoms with Crippen molar-refractivity contribution in [3.8, 4) is 22.6 Å². The lowest BCUT2D eigenvalue weighted by atomic mass is 10.0. The SMILES string of the molecule is NCCCOc1cc(OCCCN)cc(-c2ccc3c(c2)c2ccccc2n3CCCN)c1. The van der Waals surface area contributed by atoms with Gasteiger partial charge in [0.2, 0.25) is 0 Å². The van der Waals surface area contributed by atoms with Gasteiger partial charge in [0.1, 0.15) is 11.5 Å². The van der Waals surface area contributed by atoms with Crippen molar-refractivity contribution in [1.82, 2.24) is 4.57 Å². The van der Waals surface area contributed by atoms with E-state index < -0.39 is 0 Å². The van der Waals surface area contributed by atoms with E-state index in [1.54, 1.807) is 0 Å². The summed E-state index contributed by atoms with van der Waals surface area (Å²) in [6, 6.07) is 21.3. The number of para-hydroxylation sites is 1. The highest BCUT2D eigenvalue weighted by Gasteiger charge is 2.12. The molecule has 0 saturated heterocycles. The number of nitrogens with zero attached hydrogens (tertiary/aromatic N) is 1. The van der Waals surface area contributed by atoms with Crippen LogP contribution in [0.3, 0.4) is 0 Å². The van der Waals surface area contributed by atoms with Gasteiger partial charge < -0.3 is 31.2 Å². The van der Waals surface area contributed by atoms with Gasteiger partial charge in [0.25, 0.3) is 0 Å². The standard InChI is InChI=1S/C27H34N4O2/c28-10-3-13-31-26-7-2-1-6-24(26)25-18-20(8-9-27(25)31)21-16-22(32-14-4-11-29)19-23(17-21)33-15-5-12-30/h1-2,6-9,16-19H,3-5,10-15,28-30H2. The molecule has 0 fully saturated rings. The average Bonchev–Trinajstić information content (AvgIpc) is 3.16. The predicted molar refractivity (Wildman–Crippen MR) is 137 cm³/mol. The monoisotopic (exact) mass is 446 g/mol. The summed E-state index contributed by atoms with van der Waals surface area (Å²) in [5.74, 6) is 1.57. The van der Waals surface area contributed by atoms with Crippen molar-refractivity contribution in [3.05, 3.63) is 60.7 Å². The molecule has 174 valence electrons. The van der Waals surface area contributed by atoms with Crippen molar-refractivity contribution in [3.63, 3.8) is 0 Å². The Bertz CT molecular complexity index is 1170. The van der Waals surface area contributed by atoms with E-state index in [1.807, 2.05) is 6.07 Å². The lowest BCUT2D eigenvalue weighted by Crippen LogP contribution is -2.07. The topological polar surface area (TPSA) is 101 Å². The van der Waals surface area contributed by atoms with Gasteiger partial charge in [0, 0.05) is 34.4 Å². The van der Waals surface area contributed by atoms with Crippen LogP contribution in [0.15, 0.2) is 60.7 Å². The molecule has 0 aliphatic rings. The van der Waals surface area contributed by atoms with Gasteiger partial charge in [0.05, 0.1) is 13.2 Å². The van der Waals surface area contributed by atoms with Crippen LogP contribution in [-0.4, -0.2) is 37.4 Å². The highest BCUT2D eigenvalue weighted by molar-refractivity contribution is 6.09. The van der Waals surface area contributed by atoms with Crippen molar-refractivity contribution < 1.29 is 9.47 Å². The molecule has 0 unspecified atom stereocenters. The Kier molecular flexibility index (Phi) is 7.83. The van der Waals surface area contributed by atoms with Crippen LogP contribution < -0.4 is 26.7 Å². The van der Waals surface area contributed by atoms with E-state index in [1.165, 1.54) is 21.8 Å². The van der Waals surface area contributed by atoms with Crippen LogP contribution in [0.1, 0.15) is 19.3 Å². The van der Waals surface area contributed by atoms with E-state index in [2.05, 4.69) is 59.2 Å². The van der Waals surface area contributed by atoms with Crippen LogP contribution in [0.25, 0.3) is 32.9 Å². The lowest BCUT2D eigenvalue weighted by molar-refractivity contribution is 0.298. The highest BCUT2D eigenvalue weighted by atomic mass is 16.5. The zero-order valence-electron chi connectivity index (χ0n) is 19.1. The molecule has 4 aromatic rings. The maximum absolute atomic E-state index is 5.96. The number of aromatic nitrogens is 1. The first-order valence-corrected chi connectivity index (χ1v) is 11.8. The highest BCUT2D eigenvalue weighted by Crippen LogP contribution is 2.35. The second kappa shape index (κ2) is 11.2. The number of hydrogen-bond acceptors (Lipinski definition) is 5. The maximum Gasteiger partial charge on any atom is 0.123 e. The second-order valence-electron chi connectivity index (χ2n) is 8.22. The Balaban J connectivity index is 1.76. The molecule has 6 nitrogen and oxygen atoms in total. The quantitative estimate of drug-likeness (QED) is 0.282. The van der Waals surface area contributed by atoms with Crippen molar-refractivity contribution in [2.75, 3.05) is 32.8 Å². The molecule has 0 aliphatic carbocycles. The van der Waals surface area contributed by atoms with Crippen LogP contribution in [0.5, 0.6) is 11.5 Å². The first kappa shape index (κ1) is 23.1. The molecular weight excluding hydrogens is 412 g/mol. The summed E-state index contributed by atoms with van der Waals surface area (Å²) < 4.78 is 14.3. The van der Waals surface area contributed by atoms with Crippen LogP contribution >= 0.6 is 0 Å². The summed E-state index contributed by atoms with van der Waals surface area (Å²) in [5, 5.41) is 2.49. The molecule has 6 heteroatoms. The third-order valence-electron chi connectivity index (χ3n) is 5.81. The van der Waals surface area contributed by atoms with Gasteiger partial charge in [-0.05, 0) is 80.4 Å². The minimum absolute atomic E-state index is 0.579. The van der Waals surface area contributed by atoms with Gasteiger partial charge in [-0.15, -0.1) is 0 Å². The Morgan fingerprint density at radius 1 is 0.606 bits per heavy atom. The first-order valence-electron chi connectivity index (χ1n) is 11.8. The summed E-state index contributed by atoms with van der Waals surface area (Å²) in [6.45, 7) is 3.94. The zero-order valence-corrected chi connectivity index (χ0v) is 19.1. The average molecular weight is 447 g/mol. The molecular formula is C27H34N4O2. The summed E-state index contributed by atoms with van der Waals surface area (Å²) in [6.07, 6.45) is 2.56.